The zero-order valence-corrected chi connectivity index (χ0v) is 18.7. The SMILES string of the molecule is CC(C)C1CNCCN1c1ccc(OC[C@H]2C[C@](CO)(c3ccc(F)cc3F)CO2)cc1. The quantitative estimate of drug-likeness (QED) is 0.682. The molecule has 32 heavy (non-hydrogen) atoms. The first-order valence-electron chi connectivity index (χ1n) is 11.3. The molecule has 2 N–H and O–H groups in total. The molecule has 2 aromatic rings. The van der Waals surface area contributed by atoms with Gasteiger partial charge in [-0.15, -0.1) is 0 Å². The van der Waals surface area contributed by atoms with E-state index in [1.807, 2.05) is 12.1 Å². The maximum absolute atomic E-state index is 14.3. The molecular weight excluding hydrogens is 414 g/mol. The molecule has 1 unspecified atom stereocenters. The summed E-state index contributed by atoms with van der Waals surface area (Å²) in [5, 5.41) is 13.5. The lowest BCUT2D eigenvalue weighted by Crippen LogP contribution is -2.53. The molecule has 174 valence electrons. The topological polar surface area (TPSA) is 54.0 Å². The van der Waals surface area contributed by atoms with Gasteiger partial charge in [-0.25, -0.2) is 8.78 Å². The number of aliphatic hydroxyl groups is 1. The Labute approximate surface area is 188 Å². The molecule has 5 nitrogen and oxygen atoms in total. The van der Waals surface area contributed by atoms with Crippen LogP contribution in [0, 0.1) is 17.6 Å². The second kappa shape index (κ2) is 9.73. The molecule has 0 bridgehead atoms. The van der Waals surface area contributed by atoms with Gasteiger partial charge in [0.2, 0.25) is 0 Å². The van der Waals surface area contributed by atoms with E-state index in [4.69, 9.17) is 9.47 Å². The summed E-state index contributed by atoms with van der Waals surface area (Å²) in [6.45, 7) is 7.61. The summed E-state index contributed by atoms with van der Waals surface area (Å²) in [5.41, 5.74) is 0.578. The molecule has 2 fully saturated rings. The zero-order valence-electron chi connectivity index (χ0n) is 18.7. The molecule has 7 heteroatoms. The highest BCUT2D eigenvalue weighted by Crippen LogP contribution is 2.38. The van der Waals surface area contributed by atoms with Crippen LogP contribution in [-0.2, 0) is 10.2 Å². The second-order valence-electron chi connectivity index (χ2n) is 9.21. The van der Waals surface area contributed by atoms with Crippen molar-refractivity contribution in [1.82, 2.24) is 5.32 Å². The number of halogens is 2. The lowest BCUT2D eigenvalue weighted by molar-refractivity contribution is 0.0609. The van der Waals surface area contributed by atoms with Gasteiger partial charge in [0.15, 0.2) is 0 Å². The fourth-order valence-electron chi connectivity index (χ4n) is 4.81. The first-order valence-corrected chi connectivity index (χ1v) is 11.3. The number of piperazine rings is 1. The van der Waals surface area contributed by atoms with Gasteiger partial charge < -0.3 is 24.8 Å². The third-order valence-electron chi connectivity index (χ3n) is 6.68. The maximum atomic E-state index is 14.3. The van der Waals surface area contributed by atoms with Gasteiger partial charge in [-0.2, -0.15) is 0 Å². The van der Waals surface area contributed by atoms with Crippen LogP contribution < -0.4 is 15.0 Å². The van der Waals surface area contributed by atoms with Crippen molar-refractivity contribution in [2.24, 2.45) is 5.92 Å². The van der Waals surface area contributed by atoms with Crippen molar-refractivity contribution in [1.29, 1.82) is 0 Å². The average molecular weight is 447 g/mol. The van der Waals surface area contributed by atoms with Gasteiger partial charge in [0.05, 0.1) is 19.3 Å². The van der Waals surface area contributed by atoms with Crippen molar-refractivity contribution in [3.63, 3.8) is 0 Å². The molecule has 0 spiro atoms. The molecular formula is C25H32F2N2O3. The van der Waals surface area contributed by atoms with E-state index in [2.05, 4.69) is 36.2 Å². The predicted molar refractivity (Wildman–Crippen MR) is 120 cm³/mol. The van der Waals surface area contributed by atoms with Gasteiger partial charge in [0.1, 0.15) is 24.0 Å². The summed E-state index contributed by atoms with van der Waals surface area (Å²) < 4.78 is 39.4. The number of benzene rings is 2. The van der Waals surface area contributed by atoms with E-state index < -0.39 is 17.0 Å². The summed E-state index contributed by atoms with van der Waals surface area (Å²) in [7, 11) is 0. The lowest BCUT2D eigenvalue weighted by Gasteiger charge is -2.40. The van der Waals surface area contributed by atoms with Crippen LogP contribution in [0.4, 0.5) is 14.5 Å². The minimum atomic E-state index is -0.885. The average Bonchev–Trinajstić information content (AvgIpc) is 3.22. The summed E-state index contributed by atoms with van der Waals surface area (Å²) >= 11 is 0. The van der Waals surface area contributed by atoms with E-state index in [1.54, 1.807) is 0 Å². The Morgan fingerprint density at radius 3 is 2.69 bits per heavy atom. The Balaban J connectivity index is 1.37. The van der Waals surface area contributed by atoms with E-state index in [1.165, 1.54) is 17.8 Å². The van der Waals surface area contributed by atoms with E-state index in [-0.39, 0.29) is 24.9 Å². The fraction of sp³-hybridized carbons (Fsp3) is 0.520. The molecule has 0 aliphatic carbocycles. The summed E-state index contributed by atoms with van der Waals surface area (Å²) in [5.74, 6) is -0.00596. The molecule has 3 atom stereocenters. The Morgan fingerprint density at radius 2 is 2.00 bits per heavy atom. The molecule has 0 aromatic heterocycles. The number of hydrogen-bond acceptors (Lipinski definition) is 5. The first-order chi connectivity index (χ1) is 15.4. The number of rotatable bonds is 7. The maximum Gasteiger partial charge on any atom is 0.130 e. The van der Waals surface area contributed by atoms with E-state index in [0.717, 1.165) is 31.5 Å². The van der Waals surface area contributed by atoms with Gasteiger partial charge >= 0.3 is 0 Å². The van der Waals surface area contributed by atoms with Crippen LogP contribution in [0.1, 0.15) is 25.8 Å². The van der Waals surface area contributed by atoms with Crippen LogP contribution in [0.25, 0.3) is 0 Å². The molecule has 2 saturated heterocycles. The van der Waals surface area contributed by atoms with Gasteiger partial charge in [0, 0.05) is 42.8 Å². The van der Waals surface area contributed by atoms with Crippen molar-refractivity contribution in [3.8, 4) is 5.75 Å². The Morgan fingerprint density at radius 1 is 1.22 bits per heavy atom. The molecule has 4 rings (SSSR count). The number of hydrogen-bond donors (Lipinski definition) is 2. The van der Waals surface area contributed by atoms with Crippen molar-refractivity contribution >= 4 is 5.69 Å². The van der Waals surface area contributed by atoms with Crippen molar-refractivity contribution < 1.29 is 23.4 Å². The van der Waals surface area contributed by atoms with Gasteiger partial charge in [-0.3, -0.25) is 0 Å². The fourth-order valence-corrected chi connectivity index (χ4v) is 4.81. The van der Waals surface area contributed by atoms with Crippen LogP contribution in [0.2, 0.25) is 0 Å². The highest BCUT2D eigenvalue weighted by atomic mass is 19.1. The van der Waals surface area contributed by atoms with Crippen molar-refractivity contribution in [2.75, 3.05) is 44.4 Å². The minimum absolute atomic E-state index is 0.165. The summed E-state index contributed by atoms with van der Waals surface area (Å²) in [4.78, 5) is 2.44. The van der Waals surface area contributed by atoms with Crippen molar-refractivity contribution in [3.05, 3.63) is 59.7 Å². The van der Waals surface area contributed by atoms with Gasteiger partial charge in [-0.1, -0.05) is 19.9 Å². The summed E-state index contributed by atoms with van der Waals surface area (Å²) in [6.07, 6.45) is 0.117. The highest BCUT2D eigenvalue weighted by Gasteiger charge is 2.43. The van der Waals surface area contributed by atoms with E-state index in [9.17, 15) is 13.9 Å². The second-order valence-corrected chi connectivity index (χ2v) is 9.21. The molecule has 2 heterocycles. The minimum Gasteiger partial charge on any atom is -0.491 e. The number of anilines is 1. The third kappa shape index (κ3) is 4.75. The first kappa shape index (κ1) is 23.0. The normalized spacial score (nSPS) is 26.0. The lowest BCUT2D eigenvalue weighted by atomic mass is 9.79. The van der Waals surface area contributed by atoms with Gasteiger partial charge in [-0.05, 0) is 48.2 Å². The Hall–Kier alpha value is -2.22. The molecule has 0 saturated carbocycles. The highest BCUT2D eigenvalue weighted by molar-refractivity contribution is 5.50. The molecule has 2 aliphatic heterocycles. The number of aliphatic hydroxyl groups excluding tert-OH is 1. The van der Waals surface area contributed by atoms with Gasteiger partial charge in [0.25, 0.3) is 0 Å². The number of ether oxygens (including phenoxy) is 2. The Kier molecular flexibility index (Phi) is 6.98. The molecule has 0 amide bonds. The monoisotopic (exact) mass is 446 g/mol. The van der Waals surface area contributed by atoms with E-state index in [0.29, 0.717) is 25.0 Å². The van der Waals surface area contributed by atoms with E-state index >= 15 is 0 Å². The van der Waals surface area contributed by atoms with Crippen LogP contribution in [0.15, 0.2) is 42.5 Å². The van der Waals surface area contributed by atoms with Crippen LogP contribution in [-0.4, -0.2) is 56.7 Å². The van der Waals surface area contributed by atoms with Crippen LogP contribution in [0.3, 0.4) is 0 Å². The molecule has 2 aromatic carbocycles. The van der Waals surface area contributed by atoms with Crippen LogP contribution >= 0.6 is 0 Å². The third-order valence-corrected chi connectivity index (χ3v) is 6.68. The number of nitrogens with one attached hydrogen (secondary N) is 1. The van der Waals surface area contributed by atoms with Crippen molar-refractivity contribution in [2.45, 2.75) is 37.8 Å². The zero-order chi connectivity index (χ0) is 22.7. The molecule has 2 aliphatic rings. The largest absolute Gasteiger partial charge is 0.491 e. The molecule has 0 radical (unpaired) electrons. The summed E-state index contributed by atoms with van der Waals surface area (Å²) in [6, 6.07) is 12.0. The smallest absolute Gasteiger partial charge is 0.130 e. The van der Waals surface area contributed by atoms with Crippen LogP contribution in [0.5, 0.6) is 5.75 Å². The standard InChI is InChI=1S/C25H32F2N2O3/c1-17(2)24-13-28-9-10-29(24)19-4-6-20(7-5-19)31-14-21-12-25(15-30,16-32-21)22-8-3-18(26)11-23(22)27/h3-8,11,17,21,24,28,30H,9-10,12-16H2,1-2H3/t21-,24?,25-/m1/s1. The Bertz CT molecular complexity index is 909. The number of nitrogens with zero attached hydrogens (tertiary/aromatic N) is 1. The predicted octanol–water partition coefficient (Wildman–Crippen LogP) is 3.50.